The van der Waals surface area contributed by atoms with Crippen LogP contribution in [-0.2, 0) is 4.79 Å². The lowest BCUT2D eigenvalue weighted by Gasteiger charge is -1.95. The van der Waals surface area contributed by atoms with Gasteiger partial charge in [-0.2, -0.15) is 0 Å². The second-order valence-corrected chi connectivity index (χ2v) is 3.71. The van der Waals surface area contributed by atoms with Crippen molar-refractivity contribution < 1.29 is 4.79 Å². The number of hydrogen-bond donors (Lipinski definition) is 1. The molecule has 2 N–H and O–H groups in total. The molecule has 0 saturated carbocycles. The molecule has 0 bridgehead atoms. The molecule has 14 heavy (non-hydrogen) atoms. The van der Waals surface area contributed by atoms with Crippen LogP contribution in [0.4, 0.5) is 5.69 Å². The van der Waals surface area contributed by atoms with Gasteiger partial charge in [0.25, 0.3) is 0 Å². The molecule has 0 amide bonds. The second-order valence-electron chi connectivity index (χ2n) is 3.71. The lowest BCUT2D eigenvalue weighted by molar-refractivity contribution is -0.117. The number of benzene rings is 1. The zero-order valence-electron chi connectivity index (χ0n) is 9.16. The second kappa shape index (κ2) is 7.13. The number of ketones is 1. The van der Waals surface area contributed by atoms with E-state index in [1.165, 1.54) is 0 Å². The van der Waals surface area contributed by atoms with Crippen LogP contribution in [-0.4, -0.2) is 5.78 Å². The lowest BCUT2D eigenvalue weighted by Crippen LogP contribution is -1.95. The number of rotatable bonds is 2. The van der Waals surface area contributed by atoms with E-state index in [-0.39, 0.29) is 5.78 Å². The van der Waals surface area contributed by atoms with E-state index in [0.717, 1.165) is 12.1 Å². The molecule has 0 heterocycles. The van der Waals surface area contributed by atoms with Crippen molar-refractivity contribution in [2.75, 3.05) is 5.73 Å². The summed E-state index contributed by atoms with van der Waals surface area (Å²) in [7, 11) is 0. The van der Waals surface area contributed by atoms with Gasteiger partial charge in [0.05, 0.1) is 0 Å². The van der Waals surface area contributed by atoms with Crippen LogP contribution in [0.1, 0.15) is 27.2 Å². The van der Waals surface area contributed by atoms with E-state index < -0.39 is 0 Å². The van der Waals surface area contributed by atoms with Crippen LogP contribution in [0.2, 0.25) is 0 Å². The summed E-state index contributed by atoms with van der Waals surface area (Å²) >= 11 is 0. The maximum absolute atomic E-state index is 10.3. The molecule has 0 aromatic heterocycles. The predicted molar refractivity (Wildman–Crippen MR) is 61.0 cm³/mol. The predicted octanol–water partition coefficient (Wildman–Crippen LogP) is 2.89. The molecular formula is C12H19NO. The number of hydrogen-bond acceptors (Lipinski definition) is 2. The summed E-state index contributed by atoms with van der Waals surface area (Å²) in [5.74, 6) is 0.813. The van der Waals surface area contributed by atoms with Gasteiger partial charge in [0, 0.05) is 12.1 Å². The molecule has 0 atom stereocenters. The molecule has 0 unspecified atom stereocenters. The topological polar surface area (TPSA) is 43.1 Å². The molecule has 0 radical (unpaired) electrons. The number of anilines is 1. The van der Waals surface area contributed by atoms with E-state index in [1.54, 1.807) is 6.92 Å². The van der Waals surface area contributed by atoms with Crippen molar-refractivity contribution in [2.45, 2.75) is 27.2 Å². The summed E-state index contributed by atoms with van der Waals surface area (Å²) in [5, 5.41) is 0. The van der Waals surface area contributed by atoms with Crippen LogP contribution >= 0.6 is 0 Å². The number of nitrogens with two attached hydrogens (primary N) is 1. The Morgan fingerprint density at radius 2 is 1.79 bits per heavy atom. The highest BCUT2D eigenvalue weighted by Crippen LogP contribution is 1.97. The van der Waals surface area contributed by atoms with Gasteiger partial charge < -0.3 is 10.5 Å². The Hall–Kier alpha value is -1.31. The average Bonchev–Trinajstić information content (AvgIpc) is 2.03. The van der Waals surface area contributed by atoms with Gasteiger partial charge in [0.15, 0.2) is 0 Å². The maximum atomic E-state index is 10.3. The minimum absolute atomic E-state index is 0.287. The molecule has 0 fully saturated rings. The quantitative estimate of drug-likeness (QED) is 0.734. The van der Waals surface area contributed by atoms with Gasteiger partial charge in [-0.1, -0.05) is 32.0 Å². The first kappa shape index (κ1) is 12.7. The fraction of sp³-hybridized carbons (Fsp3) is 0.417. The van der Waals surface area contributed by atoms with Gasteiger partial charge >= 0.3 is 0 Å². The van der Waals surface area contributed by atoms with Crippen molar-refractivity contribution in [3.8, 4) is 0 Å². The Bertz CT molecular complexity index is 254. The van der Waals surface area contributed by atoms with Gasteiger partial charge in [-0.3, -0.25) is 0 Å². The Labute approximate surface area is 86.1 Å². The van der Waals surface area contributed by atoms with Crippen LogP contribution in [0, 0.1) is 5.92 Å². The third-order valence-electron chi connectivity index (χ3n) is 1.50. The first-order valence-electron chi connectivity index (χ1n) is 4.82. The molecule has 0 aliphatic carbocycles. The van der Waals surface area contributed by atoms with E-state index in [9.17, 15) is 4.79 Å². The van der Waals surface area contributed by atoms with Gasteiger partial charge in [-0.15, -0.1) is 0 Å². The Kier molecular flexibility index (Phi) is 6.46. The van der Waals surface area contributed by atoms with E-state index in [1.807, 2.05) is 44.2 Å². The van der Waals surface area contributed by atoms with Crippen LogP contribution in [0.5, 0.6) is 0 Å². The molecular weight excluding hydrogens is 174 g/mol. The van der Waals surface area contributed by atoms with Crippen LogP contribution in [0.3, 0.4) is 0 Å². The summed E-state index contributed by atoms with van der Waals surface area (Å²) in [4.78, 5) is 10.3. The van der Waals surface area contributed by atoms with E-state index in [4.69, 9.17) is 5.73 Å². The van der Waals surface area contributed by atoms with E-state index in [0.29, 0.717) is 5.92 Å². The maximum Gasteiger partial charge on any atom is 0.130 e. The highest BCUT2D eigenvalue weighted by molar-refractivity contribution is 5.75. The molecule has 2 nitrogen and oxygen atoms in total. The first-order chi connectivity index (χ1) is 6.52. The van der Waals surface area contributed by atoms with E-state index in [2.05, 4.69) is 0 Å². The zero-order chi connectivity index (χ0) is 11.0. The largest absolute Gasteiger partial charge is 0.399 e. The van der Waals surface area contributed by atoms with Crippen molar-refractivity contribution in [1.29, 1.82) is 0 Å². The van der Waals surface area contributed by atoms with Crippen LogP contribution < -0.4 is 5.73 Å². The normalized spacial score (nSPS) is 9.14. The Morgan fingerprint density at radius 1 is 1.29 bits per heavy atom. The van der Waals surface area contributed by atoms with Crippen molar-refractivity contribution in [2.24, 2.45) is 5.92 Å². The SMILES string of the molecule is CC(=O)CC(C)C.Nc1ccccc1. The van der Waals surface area contributed by atoms with Gasteiger partial charge in [-0.05, 0) is 25.0 Å². The highest BCUT2D eigenvalue weighted by atomic mass is 16.1. The van der Waals surface area contributed by atoms with Crippen molar-refractivity contribution in [3.63, 3.8) is 0 Å². The number of para-hydroxylation sites is 1. The van der Waals surface area contributed by atoms with E-state index >= 15 is 0 Å². The molecule has 2 heteroatoms. The molecule has 1 aromatic carbocycles. The van der Waals surface area contributed by atoms with Gasteiger partial charge in [0.2, 0.25) is 0 Å². The minimum atomic E-state index is 0.287. The number of carbonyl (C=O) groups is 1. The molecule has 0 spiro atoms. The minimum Gasteiger partial charge on any atom is -0.399 e. The standard InChI is InChI=1S/C6H7N.C6H12O/c7-6-4-2-1-3-5-6;1-5(2)4-6(3)7/h1-5H,7H2;5H,4H2,1-3H3. The smallest absolute Gasteiger partial charge is 0.130 e. The van der Waals surface area contributed by atoms with Gasteiger partial charge in [-0.25, -0.2) is 0 Å². The third-order valence-corrected chi connectivity index (χ3v) is 1.50. The fourth-order valence-corrected chi connectivity index (χ4v) is 1.03. The average molecular weight is 193 g/mol. The number of Topliss-reactive ketones (excluding diaryl/α,β-unsaturated/α-hetero) is 1. The molecule has 0 aliphatic heterocycles. The van der Waals surface area contributed by atoms with Crippen molar-refractivity contribution in [3.05, 3.63) is 30.3 Å². The summed E-state index contributed by atoms with van der Waals surface area (Å²) in [6, 6.07) is 9.49. The molecule has 78 valence electrons. The number of carbonyl (C=O) groups excluding carboxylic acids is 1. The summed E-state index contributed by atoms with van der Waals surface area (Å²) in [6.07, 6.45) is 0.722. The Morgan fingerprint density at radius 3 is 1.93 bits per heavy atom. The fourth-order valence-electron chi connectivity index (χ4n) is 1.03. The molecule has 0 aliphatic rings. The van der Waals surface area contributed by atoms with Crippen molar-refractivity contribution >= 4 is 11.5 Å². The molecule has 1 aromatic rings. The highest BCUT2D eigenvalue weighted by Gasteiger charge is 1.95. The zero-order valence-corrected chi connectivity index (χ0v) is 9.16. The van der Waals surface area contributed by atoms with Crippen molar-refractivity contribution in [1.82, 2.24) is 0 Å². The third kappa shape index (κ3) is 8.78. The summed E-state index contributed by atoms with van der Waals surface area (Å²) in [5.41, 5.74) is 6.18. The Balaban J connectivity index is 0.000000241. The monoisotopic (exact) mass is 193 g/mol. The molecule has 0 saturated heterocycles. The summed E-state index contributed by atoms with van der Waals surface area (Å²) in [6.45, 7) is 5.71. The molecule has 1 rings (SSSR count). The summed E-state index contributed by atoms with van der Waals surface area (Å²) < 4.78 is 0. The van der Waals surface area contributed by atoms with Gasteiger partial charge in [0.1, 0.15) is 5.78 Å². The lowest BCUT2D eigenvalue weighted by atomic mass is 10.1. The van der Waals surface area contributed by atoms with Crippen LogP contribution in [0.15, 0.2) is 30.3 Å². The van der Waals surface area contributed by atoms with Crippen LogP contribution in [0.25, 0.3) is 0 Å². The number of nitrogen functional groups attached to an aromatic ring is 1. The first-order valence-corrected chi connectivity index (χ1v) is 4.82.